The number of benzene rings is 1. The quantitative estimate of drug-likeness (QED) is 0.755. The largest absolute Gasteiger partial charge is 0.321 e. The number of hydrogen-bond donors (Lipinski definition) is 1. The fraction of sp³-hybridized carbons (Fsp3) is 0.263. The molecule has 1 saturated carbocycles. The highest BCUT2D eigenvalue weighted by Crippen LogP contribution is 2.38. The Hall–Kier alpha value is -2.27. The standard InChI is InChI=1S/C19H19N3OS/c23-19(14-9-10-15-11-12-20-22(15)13-14)21-17-7-3-4-8-18(17)24-16-5-1-2-6-16/h3-4,7-13,16H,1-2,5-6H2,(H,21,23). The number of carbonyl (C=O) groups is 1. The lowest BCUT2D eigenvalue weighted by atomic mass is 10.2. The highest BCUT2D eigenvalue weighted by molar-refractivity contribution is 8.00. The molecule has 4 nitrogen and oxygen atoms in total. The number of hydrogen-bond acceptors (Lipinski definition) is 3. The van der Waals surface area contributed by atoms with Crippen molar-refractivity contribution in [2.75, 3.05) is 5.32 Å². The average Bonchev–Trinajstić information content (AvgIpc) is 3.27. The van der Waals surface area contributed by atoms with Gasteiger partial charge in [-0.15, -0.1) is 11.8 Å². The Morgan fingerprint density at radius 2 is 1.96 bits per heavy atom. The van der Waals surface area contributed by atoms with Crippen LogP contribution in [0.2, 0.25) is 0 Å². The van der Waals surface area contributed by atoms with Gasteiger partial charge in [0.25, 0.3) is 5.91 Å². The minimum absolute atomic E-state index is 0.105. The summed E-state index contributed by atoms with van der Waals surface area (Å²) in [5.74, 6) is -0.105. The van der Waals surface area contributed by atoms with Crippen molar-refractivity contribution in [3.8, 4) is 0 Å². The van der Waals surface area contributed by atoms with Crippen LogP contribution in [0.1, 0.15) is 36.0 Å². The second-order valence-corrected chi connectivity index (χ2v) is 7.44. The molecular formula is C19H19N3OS. The molecule has 1 N–H and O–H groups in total. The van der Waals surface area contributed by atoms with E-state index in [4.69, 9.17) is 0 Å². The van der Waals surface area contributed by atoms with E-state index in [-0.39, 0.29) is 5.91 Å². The van der Waals surface area contributed by atoms with Crippen LogP contribution in [-0.2, 0) is 0 Å². The molecule has 0 saturated heterocycles. The van der Waals surface area contributed by atoms with E-state index in [0.29, 0.717) is 10.8 Å². The SMILES string of the molecule is O=C(Nc1ccccc1SC1CCCC1)c1ccc2ccnn2c1. The summed E-state index contributed by atoms with van der Waals surface area (Å²) in [6.45, 7) is 0. The Morgan fingerprint density at radius 3 is 2.83 bits per heavy atom. The Bertz CT molecular complexity index is 868. The fourth-order valence-corrected chi connectivity index (χ4v) is 4.43. The molecule has 0 atom stereocenters. The number of nitrogens with zero attached hydrogens (tertiary/aromatic N) is 2. The van der Waals surface area contributed by atoms with Crippen LogP contribution in [0.4, 0.5) is 5.69 Å². The van der Waals surface area contributed by atoms with Crippen LogP contribution in [0, 0.1) is 0 Å². The van der Waals surface area contributed by atoms with Gasteiger partial charge in [0.05, 0.1) is 16.8 Å². The predicted octanol–water partition coefficient (Wildman–Crippen LogP) is 4.62. The third-order valence-electron chi connectivity index (χ3n) is 4.39. The molecule has 1 aliphatic carbocycles. The summed E-state index contributed by atoms with van der Waals surface area (Å²) in [5.41, 5.74) is 2.47. The molecule has 0 spiro atoms. The van der Waals surface area contributed by atoms with Crippen molar-refractivity contribution in [3.05, 3.63) is 60.4 Å². The Labute approximate surface area is 145 Å². The number of amides is 1. The summed E-state index contributed by atoms with van der Waals surface area (Å²) < 4.78 is 1.72. The van der Waals surface area contributed by atoms with Crippen LogP contribution >= 0.6 is 11.8 Å². The molecule has 0 bridgehead atoms. The van der Waals surface area contributed by atoms with Crippen LogP contribution in [-0.4, -0.2) is 20.8 Å². The monoisotopic (exact) mass is 337 g/mol. The van der Waals surface area contributed by atoms with Crippen molar-refractivity contribution in [2.24, 2.45) is 0 Å². The summed E-state index contributed by atoms with van der Waals surface area (Å²) in [6.07, 6.45) is 8.65. The normalized spacial score (nSPS) is 15.0. The highest BCUT2D eigenvalue weighted by Gasteiger charge is 2.18. The Kier molecular flexibility index (Phi) is 4.26. The van der Waals surface area contributed by atoms with E-state index in [1.54, 1.807) is 16.9 Å². The lowest BCUT2D eigenvalue weighted by Gasteiger charge is -2.14. The second kappa shape index (κ2) is 6.69. The Balaban J connectivity index is 1.54. The van der Waals surface area contributed by atoms with E-state index in [1.807, 2.05) is 48.2 Å². The maximum atomic E-state index is 12.6. The van der Waals surface area contributed by atoms with Crippen LogP contribution in [0.5, 0.6) is 0 Å². The summed E-state index contributed by atoms with van der Waals surface area (Å²) in [4.78, 5) is 13.8. The summed E-state index contributed by atoms with van der Waals surface area (Å²) in [7, 11) is 0. The highest BCUT2D eigenvalue weighted by atomic mass is 32.2. The van der Waals surface area contributed by atoms with Gasteiger partial charge >= 0.3 is 0 Å². The van der Waals surface area contributed by atoms with Crippen LogP contribution < -0.4 is 5.32 Å². The van der Waals surface area contributed by atoms with Crippen molar-refractivity contribution in [2.45, 2.75) is 35.8 Å². The number of anilines is 1. The summed E-state index contributed by atoms with van der Waals surface area (Å²) in [5, 5.41) is 7.91. The summed E-state index contributed by atoms with van der Waals surface area (Å²) >= 11 is 1.89. The molecule has 0 unspecified atom stereocenters. The first kappa shape index (κ1) is 15.3. The van der Waals surface area contributed by atoms with E-state index in [1.165, 1.54) is 25.7 Å². The maximum absolute atomic E-state index is 12.6. The van der Waals surface area contributed by atoms with Crippen LogP contribution in [0.3, 0.4) is 0 Å². The molecule has 2 heterocycles. The van der Waals surface area contributed by atoms with Gasteiger partial charge in [-0.1, -0.05) is 25.0 Å². The first-order chi connectivity index (χ1) is 11.8. The third-order valence-corrected chi connectivity index (χ3v) is 5.80. The third kappa shape index (κ3) is 3.17. The number of nitrogens with one attached hydrogen (secondary N) is 1. The van der Waals surface area contributed by atoms with Gasteiger partial charge in [-0.25, -0.2) is 4.52 Å². The zero-order valence-electron chi connectivity index (χ0n) is 13.3. The van der Waals surface area contributed by atoms with E-state index in [2.05, 4.69) is 16.5 Å². The first-order valence-electron chi connectivity index (χ1n) is 8.30. The molecule has 1 amide bonds. The first-order valence-corrected chi connectivity index (χ1v) is 9.18. The molecule has 3 aromatic rings. The molecule has 1 aliphatic rings. The second-order valence-electron chi connectivity index (χ2n) is 6.09. The molecular weight excluding hydrogens is 318 g/mol. The molecule has 1 fully saturated rings. The van der Waals surface area contributed by atoms with Crippen molar-refractivity contribution < 1.29 is 4.79 Å². The molecule has 24 heavy (non-hydrogen) atoms. The van der Waals surface area contributed by atoms with E-state index in [9.17, 15) is 4.79 Å². The molecule has 4 rings (SSSR count). The van der Waals surface area contributed by atoms with Crippen molar-refractivity contribution in [3.63, 3.8) is 0 Å². The van der Waals surface area contributed by atoms with Crippen LogP contribution in [0.25, 0.3) is 5.52 Å². The number of thioether (sulfide) groups is 1. The van der Waals surface area contributed by atoms with Gasteiger partial charge in [-0.2, -0.15) is 5.10 Å². The van der Waals surface area contributed by atoms with Gasteiger partial charge in [-0.3, -0.25) is 4.79 Å². The minimum atomic E-state index is -0.105. The topological polar surface area (TPSA) is 46.4 Å². The van der Waals surface area contributed by atoms with Gasteiger partial charge in [0.2, 0.25) is 0 Å². The minimum Gasteiger partial charge on any atom is -0.321 e. The molecule has 5 heteroatoms. The zero-order valence-corrected chi connectivity index (χ0v) is 14.1. The molecule has 1 aromatic carbocycles. The smallest absolute Gasteiger partial charge is 0.257 e. The van der Waals surface area contributed by atoms with Gasteiger partial charge in [0, 0.05) is 22.5 Å². The van der Waals surface area contributed by atoms with Gasteiger partial charge < -0.3 is 5.32 Å². The van der Waals surface area contributed by atoms with Gasteiger partial charge in [0.1, 0.15) is 0 Å². The number of pyridine rings is 1. The lowest BCUT2D eigenvalue weighted by Crippen LogP contribution is -2.13. The molecule has 2 aromatic heterocycles. The van der Waals surface area contributed by atoms with Crippen molar-refractivity contribution in [1.29, 1.82) is 0 Å². The number of para-hydroxylation sites is 1. The van der Waals surface area contributed by atoms with Gasteiger partial charge in [-0.05, 0) is 43.2 Å². The molecule has 122 valence electrons. The predicted molar refractivity (Wildman–Crippen MR) is 97.7 cm³/mol. The van der Waals surface area contributed by atoms with Gasteiger partial charge in [0.15, 0.2) is 0 Å². The number of aromatic nitrogens is 2. The van der Waals surface area contributed by atoms with Crippen molar-refractivity contribution >= 4 is 28.9 Å². The maximum Gasteiger partial charge on any atom is 0.257 e. The fourth-order valence-electron chi connectivity index (χ4n) is 3.10. The number of fused-ring (bicyclic) bond motifs is 1. The van der Waals surface area contributed by atoms with E-state index in [0.717, 1.165) is 16.1 Å². The lowest BCUT2D eigenvalue weighted by molar-refractivity contribution is 0.102. The Morgan fingerprint density at radius 1 is 1.12 bits per heavy atom. The average molecular weight is 337 g/mol. The molecule has 0 aliphatic heterocycles. The van der Waals surface area contributed by atoms with E-state index >= 15 is 0 Å². The van der Waals surface area contributed by atoms with Crippen LogP contribution in [0.15, 0.2) is 59.8 Å². The summed E-state index contributed by atoms with van der Waals surface area (Å²) in [6, 6.07) is 13.7. The number of carbonyl (C=O) groups excluding carboxylic acids is 1. The van der Waals surface area contributed by atoms with E-state index < -0.39 is 0 Å². The molecule has 0 radical (unpaired) electrons. The van der Waals surface area contributed by atoms with Crippen molar-refractivity contribution in [1.82, 2.24) is 9.61 Å². The number of rotatable bonds is 4. The zero-order chi connectivity index (χ0) is 16.4.